The highest BCUT2D eigenvalue weighted by atomic mass is 19.4. The predicted molar refractivity (Wildman–Crippen MR) is 126 cm³/mol. The number of likely N-dealkylation sites (tertiary alicyclic amines) is 1. The number of halogens is 4. The zero-order valence-corrected chi connectivity index (χ0v) is 19.7. The van der Waals surface area contributed by atoms with Gasteiger partial charge in [0.15, 0.2) is 6.29 Å². The first-order valence-electron chi connectivity index (χ1n) is 11.7. The Balaban J connectivity index is 0.000000189. The summed E-state index contributed by atoms with van der Waals surface area (Å²) in [6, 6.07) is 3.12. The Morgan fingerprint density at radius 1 is 1.25 bits per heavy atom. The van der Waals surface area contributed by atoms with Crippen LogP contribution in [0.1, 0.15) is 52.4 Å². The molecule has 0 spiro atoms. The molecule has 5 rings (SSSR count). The lowest BCUT2D eigenvalue weighted by Crippen LogP contribution is -2.29. The number of carbonyl (C=O) groups is 1. The van der Waals surface area contributed by atoms with Crippen molar-refractivity contribution < 1.29 is 32.2 Å². The summed E-state index contributed by atoms with van der Waals surface area (Å²) in [5.41, 5.74) is 9.18. The third kappa shape index (κ3) is 5.79. The molecule has 3 heterocycles. The van der Waals surface area contributed by atoms with Crippen molar-refractivity contribution in [1.82, 2.24) is 14.9 Å². The van der Waals surface area contributed by atoms with Crippen LogP contribution in [-0.2, 0) is 12.8 Å². The number of carbonyl (C=O) groups excluding carboxylic acids is 1. The Morgan fingerprint density at radius 3 is 2.61 bits per heavy atom. The molecule has 36 heavy (non-hydrogen) atoms. The Kier molecular flexibility index (Phi) is 7.51. The number of benzene rings is 1. The number of piperidine rings is 1. The molecule has 1 aliphatic heterocycles. The van der Waals surface area contributed by atoms with E-state index >= 15 is 0 Å². The maximum absolute atomic E-state index is 14.6. The molecule has 1 fully saturated rings. The van der Waals surface area contributed by atoms with Crippen molar-refractivity contribution in [3.63, 3.8) is 0 Å². The normalized spacial score (nSPS) is 18.9. The monoisotopic (exact) mass is 508 g/mol. The number of aliphatic hydroxyl groups excluding tert-OH is 1. The SMILES string of the molecule is CN1CCC(c2c(F)cnc3[nH]c4c(c23)CC(O)CC4)CC1.Nc1cc(OC(F)(F)F)ccc1C=O. The number of alkyl halides is 3. The average molecular weight is 509 g/mol. The van der Waals surface area contributed by atoms with E-state index in [0.717, 1.165) is 84.8 Å². The zero-order valence-electron chi connectivity index (χ0n) is 19.7. The van der Waals surface area contributed by atoms with Gasteiger partial charge in [-0.15, -0.1) is 13.2 Å². The van der Waals surface area contributed by atoms with E-state index in [1.54, 1.807) is 0 Å². The van der Waals surface area contributed by atoms with Crippen molar-refractivity contribution in [3.8, 4) is 5.75 Å². The molecule has 3 aromatic rings. The molecule has 0 saturated carbocycles. The number of fused-ring (bicyclic) bond motifs is 3. The van der Waals surface area contributed by atoms with Crippen molar-refractivity contribution in [2.45, 2.75) is 50.5 Å². The molecule has 1 unspecified atom stereocenters. The Bertz CT molecular complexity index is 1240. The molecule has 7 nitrogen and oxygen atoms in total. The molecule has 1 atom stereocenters. The number of nitrogens with zero attached hydrogens (tertiary/aromatic N) is 2. The number of hydrogen-bond donors (Lipinski definition) is 3. The van der Waals surface area contributed by atoms with Gasteiger partial charge in [0.25, 0.3) is 0 Å². The van der Waals surface area contributed by atoms with Gasteiger partial charge in [-0.05, 0) is 69.4 Å². The number of aldehydes is 1. The quantitative estimate of drug-likeness (QED) is 0.276. The number of nitrogens with one attached hydrogen (secondary N) is 1. The summed E-state index contributed by atoms with van der Waals surface area (Å²) in [5, 5.41) is 11.0. The summed E-state index contributed by atoms with van der Waals surface area (Å²) < 4.78 is 53.3. The number of ether oxygens (including phenoxy) is 1. The number of hydrogen-bond acceptors (Lipinski definition) is 6. The smallest absolute Gasteiger partial charge is 0.406 e. The minimum atomic E-state index is -4.75. The molecular formula is C25H28F4N4O3. The van der Waals surface area contributed by atoms with Crippen LogP contribution < -0.4 is 10.5 Å². The van der Waals surface area contributed by atoms with Gasteiger partial charge in [0.05, 0.1) is 12.3 Å². The van der Waals surface area contributed by atoms with E-state index in [1.165, 1.54) is 6.20 Å². The number of anilines is 1. The second-order valence-electron chi connectivity index (χ2n) is 9.26. The van der Waals surface area contributed by atoms with Gasteiger partial charge in [0.2, 0.25) is 0 Å². The first-order chi connectivity index (χ1) is 17.1. The van der Waals surface area contributed by atoms with E-state index < -0.39 is 12.1 Å². The molecule has 1 aliphatic carbocycles. The number of pyridine rings is 1. The molecule has 1 aromatic carbocycles. The van der Waals surface area contributed by atoms with E-state index in [9.17, 15) is 27.5 Å². The lowest BCUT2D eigenvalue weighted by atomic mass is 9.85. The molecule has 2 aromatic heterocycles. The number of aliphatic hydroxyl groups is 1. The summed E-state index contributed by atoms with van der Waals surface area (Å²) in [5.74, 6) is -0.384. The Morgan fingerprint density at radius 2 is 1.97 bits per heavy atom. The fraction of sp³-hybridized carbons (Fsp3) is 0.440. The summed E-state index contributed by atoms with van der Waals surface area (Å²) in [6.07, 6.45) is 0.896. The molecule has 2 aliphatic rings. The second-order valence-corrected chi connectivity index (χ2v) is 9.26. The zero-order chi connectivity index (χ0) is 26.0. The Labute approximate surface area is 205 Å². The molecular weight excluding hydrogens is 480 g/mol. The second kappa shape index (κ2) is 10.4. The van der Waals surface area contributed by atoms with Crippen LogP contribution in [0.25, 0.3) is 11.0 Å². The molecule has 0 amide bonds. The number of aryl methyl sites for hydroxylation is 1. The van der Waals surface area contributed by atoms with E-state index in [-0.39, 0.29) is 29.1 Å². The van der Waals surface area contributed by atoms with Crippen LogP contribution in [0.15, 0.2) is 24.4 Å². The number of H-pyrrole nitrogens is 1. The maximum atomic E-state index is 14.6. The van der Waals surface area contributed by atoms with E-state index in [0.29, 0.717) is 12.7 Å². The van der Waals surface area contributed by atoms with Crippen LogP contribution >= 0.6 is 0 Å². The molecule has 11 heteroatoms. The highest BCUT2D eigenvalue weighted by Crippen LogP contribution is 2.38. The average Bonchev–Trinajstić information content (AvgIpc) is 3.17. The van der Waals surface area contributed by atoms with Gasteiger partial charge in [-0.3, -0.25) is 4.79 Å². The number of rotatable bonds is 3. The van der Waals surface area contributed by atoms with Crippen molar-refractivity contribution in [2.24, 2.45) is 0 Å². The van der Waals surface area contributed by atoms with E-state index in [4.69, 9.17) is 5.73 Å². The van der Waals surface area contributed by atoms with Crippen LogP contribution in [0.2, 0.25) is 0 Å². The lowest BCUT2D eigenvalue weighted by Gasteiger charge is -2.30. The van der Waals surface area contributed by atoms with Crippen molar-refractivity contribution >= 4 is 23.0 Å². The fourth-order valence-corrected chi connectivity index (χ4v) is 4.91. The highest BCUT2D eigenvalue weighted by Gasteiger charge is 2.31. The van der Waals surface area contributed by atoms with Crippen molar-refractivity contribution in [3.05, 3.63) is 52.6 Å². The van der Waals surface area contributed by atoms with Gasteiger partial charge in [0.1, 0.15) is 17.2 Å². The van der Waals surface area contributed by atoms with Gasteiger partial charge in [0, 0.05) is 40.4 Å². The molecule has 1 saturated heterocycles. The first-order valence-corrected chi connectivity index (χ1v) is 11.7. The topological polar surface area (TPSA) is 104 Å². The predicted octanol–water partition coefficient (Wildman–Crippen LogP) is 4.34. The van der Waals surface area contributed by atoms with Crippen LogP contribution in [0.5, 0.6) is 5.75 Å². The van der Waals surface area contributed by atoms with Gasteiger partial charge >= 0.3 is 6.36 Å². The van der Waals surface area contributed by atoms with Crippen LogP contribution in [0.4, 0.5) is 23.2 Å². The van der Waals surface area contributed by atoms with Gasteiger partial charge in [-0.25, -0.2) is 9.37 Å². The van der Waals surface area contributed by atoms with Gasteiger partial charge < -0.3 is 25.5 Å². The van der Waals surface area contributed by atoms with E-state index in [1.807, 2.05) is 0 Å². The first kappa shape index (κ1) is 25.9. The number of aromatic nitrogens is 2. The third-order valence-electron chi connectivity index (χ3n) is 6.72. The molecule has 0 bridgehead atoms. The summed E-state index contributed by atoms with van der Waals surface area (Å²) in [4.78, 5) is 20.2. The fourth-order valence-electron chi connectivity index (χ4n) is 4.91. The Hall–Kier alpha value is -3.18. The maximum Gasteiger partial charge on any atom is 0.573 e. The lowest BCUT2D eigenvalue weighted by molar-refractivity contribution is -0.274. The number of nitrogens with two attached hydrogens (primary N) is 1. The van der Waals surface area contributed by atoms with Crippen LogP contribution in [0.3, 0.4) is 0 Å². The molecule has 4 N–H and O–H groups in total. The van der Waals surface area contributed by atoms with Crippen LogP contribution in [0, 0.1) is 5.82 Å². The number of nitrogen functional groups attached to an aromatic ring is 1. The molecule has 194 valence electrons. The van der Waals surface area contributed by atoms with Crippen molar-refractivity contribution in [1.29, 1.82) is 0 Å². The molecule has 0 radical (unpaired) electrons. The summed E-state index contributed by atoms with van der Waals surface area (Å²) in [6.45, 7) is 2.01. The number of aromatic amines is 1. The summed E-state index contributed by atoms with van der Waals surface area (Å²) >= 11 is 0. The third-order valence-corrected chi connectivity index (χ3v) is 6.72. The standard InChI is InChI=1S/C17H22FN3O.C8H6F3NO2/c1-21-6-4-10(5-7-21)15-13(18)9-19-17-16(15)12-8-11(22)2-3-14(12)20-17;9-8(10,11)14-6-2-1-5(4-13)7(12)3-6/h9-11,22H,2-8H2,1H3,(H,19,20);1-4H,12H2. The summed E-state index contributed by atoms with van der Waals surface area (Å²) in [7, 11) is 2.11. The van der Waals surface area contributed by atoms with Crippen LogP contribution in [-0.4, -0.2) is 58.9 Å². The minimum absolute atomic E-state index is 0.0539. The largest absolute Gasteiger partial charge is 0.573 e. The minimum Gasteiger partial charge on any atom is -0.406 e. The highest BCUT2D eigenvalue weighted by molar-refractivity contribution is 5.86. The van der Waals surface area contributed by atoms with Crippen molar-refractivity contribution in [2.75, 3.05) is 25.9 Å². The van der Waals surface area contributed by atoms with Gasteiger partial charge in [-0.1, -0.05) is 0 Å². The van der Waals surface area contributed by atoms with Gasteiger partial charge in [-0.2, -0.15) is 0 Å². The van der Waals surface area contributed by atoms with E-state index in [2.05, 4.69) is 26.7 Å².